The van der Waals surface area contributed by atoms with E-state index in [1.165, 1.54) is 0 Å². The zero-order valence-corrected chi connectivity index (χ0v) is 10.0. The lowest BCUT2D eigenvalue weighted by molar-refractivity contribution is 1.28. The summed E-state index contributed by atoms with van der Waals surface area (Å²) < 4.78 is -0.0309. The Bertz CT molecular complexity index is 255. The van der Waals surface area contributed by atoms with Crippen LogP contribution < -0.4 is 0 Å². The fourth-order valence-electron chi connectivity index (χ4n) is 0.665. The van der Waals surface area contributed by atoms with Crippen LogP contribution in [0, 0.1) is 0 Å². The molecule has 0 radical (unpaired) electrons. The van der Waals surface area contributed by atoms with Crippen molar-refractivity contribution < 1.29 is 0 Å². The van der Waals surface area contributed by atoms with Gasteiger partial charge in [-0.25, -0.2) is 0 Å². The predicted molar refractivity (Wildman–Crippen MR) is 56.5 cm³/mol. The molecule has 1 aromatic rings. The van der Waals surface area contributed by atoms with Crippen LogP contribution in [0.25, 0.3) is 0 Å². The molecule has 0 atom stereocenters. The fraction of sp³-hybridized carbons (Fsp3) is 0.143. The standard InChI is InChI=1S/C7H4Br2Cl2/c8-6-3-1-2-5(4-6)7(9,10)11/h1-4H. The number of rotatable bonds is 1. The van der Waals surface area contributed by atoms with Gasteiger partial charge in [0.25, 0.3) is 0 Å². The molecule has 0 unspecified atom stereocenters. The topological polar surface area (TPSA) is 0 Å². The van der Waals surface area contributed by atoms with E-state index in [-0.39, 0.29) is 0 Å². The molecule has 0 bridgehead atoms. The summed E-state index contributed by atoms with van der Waals surface area (Å²) >= 11 is 18.0. The normalized spacial score (nSPS) is 11.6. The number of hydrogen-bond donors (Lipinski definition) is 0. The molecule has 1 rings (SSSR count). The molecular weight excluding hydrogens is 315 g/mol. The molecule has 0 heterocycles. The van der Waals surface area contributed by atoms with Gasteiger partial charge in [0.15, 0.2) is 3.24 Å². The molecule has 60 valence electrons. The van der Waals surface area contributed by atoms with Crippen molar-refractivity contribution >= 4 is 55.1 Å². The molecule has 0 saturated heterocycles. The van der Waals surface area contributed by atoms with Gasteiger partial charge in [-0.3, -0.25) is 0 Å². The van der Waals surface area contributed by atoms with Gasteiger partial charge in [-0.2, -0.15) is 0 Å². The Morgan fingerprint density at radius 3 is 2.27 bits per heavy atom. The Kier molecular flexibility index (Phi) is 3.27. The van der Waals surface area contributed by atoms with Gasteiger partial charge in [-0.15, -0.1) is 0 Å². The monoisotopic (exact) mass is 316 g/mol. The molecule has 0 aliphatic rings. The van der Waals surface area contributed by atoms with Crippen molar-refractivity contribution in [1.29, 1.82) is 0 Å². The van der Waals surface area contributed by atoms with Gasteiger partial charge < -0.3 is 0 Å². The van der Waals surface area contributed by atoms with Crippen LogP contribution in [0.2, 0.25) is 0 Å². The minimum Gasteiger partial charge on any atom is -0.0834 e. The van der Waals surface area contributed by atoms with Gasteiger partial charge in [0, 0.05) is 4.47 Å². The summed E-state index contributed by atoms with van der Waals surface area (Å²) in [4.78, 5) is 0. The molecule has 0 aliphatic heterocycles. The Morgan fingerprint density at radius 1 is 1.27 bits per heavy atom. The second-order valence-corrected chi connectivity index (χ2v) is 6.35. The van der Waals surface area contributed by atoms with Gasteiger partial charge in [-0.1, -0.05) is 51.3 Å². The van der Waals surface area contributed by atoms with Crippen molar-refractivity contribution in [2.24, 2.45) is 0 Å². The molecule has 4 heteroatoms. The maximum atomic E-state index is 5.79. The first-order valence-electron chi connectivity index (χ1n) is 2.83. The molecule has 0 N–H and O–H groups in total. The summed E-state index contributed by atoms with van der Waals surface area (Å²) in [6.45, 7) is 0. The molecule has 1 aromatic carbocycles. The van der Waals surface area contributed by atoms with E-state index >= 15 is 0 Å². The van der Waals surface area contributed by atoms with Crippen LogP contribution in [0.4, 0.5) is 0 Å². The van der Waals surface area contributed by atoms with Gasteiger partial charge in [0.2, 0.25) is 0 Å². The van der Waals surface area contributed by atoms with Crippen LogP contribution in [-0.2, 0) is 3.24 Å². The highest BCUT2D eigenvalue weighted by Crippen LogP contribution is 2.40. The summed E-state index contributed by atoms with van der Waals surface area (Å²) in [5, 5.41) is 0. The maximum absolute atomic E-state index is 5.79. The number of benzene rings is 1. The SMILES string of the molecule is ClC(Cl)(Br)c1cccc(Br)c1. The molecule has 0 aromatic heterocycles. The molecule has 0 fully saturated rings. The average molecular weight is 319 g/mol. The number of hydrogen-bond acceptors (Lipinski definition) is 0. The average Bonchev–Trinajstić information content (AvgIpc) is 1.86. The van der Waals surface area contributed by atoms with Crippen LogP contribution in [0.5, 0.6) is 0 Å². The predicted octanol–water partition coefficient (Wildman–Crippen LogP) is 4.43. The summed E-state index contributed by atoms with van der Waals surface area (Å²) in [5.41, 5.74) is 0.815. The lowest BCUT2D eigenvalue weighted by Crippen LogP contribution is -1.97. The van der Waals surface area contributed by atoms with Crippen LogP contribution in [0.3, 0.4) is 0 Å². The number of halogens is 4. The van der Waals surface area contributed by atoms with Crippen molar-refractivity contribution in [3.05, 3.63) is 34.3 Å². The lowest BCUT2D eigenvalue weighted by atomic mass is 10.2. The van der Waals surface area contributed by atoms with Crippen molar-refractivity contribution in [2.75, 3.05) is 0 Å². The largest absolute Gasteiger partial charge is 0.197 e. The summed E-state index contributed by atoms with van der Waals surface area (Å²) in [6, 6.07) is 7.49. The van der Waals surface area contributed by atoms with E-state index in [4.69, 9.17) is 23.2 Å². The Morgan fingerprint density at radius 2 is 1.91 bits per heavy atom. The molecule has 0 spiro atoms. The van der Waals surface area contributed by atoms with Gasteiger partial charge in [-0.05, 0) is 33.6 Å². The lowest BCUT2D eigenvalue weighted by Gasteiger charge is -2.10. The Labute approximate surface area is 92.1 Å². The smallest absolute Gasteiger partial charge is 0.0834 e. The van der Waals surface area contributed by atoms with Crippen molar-refractivity contribution in [2.45, 2.75) is 3.24 Å². The zero-order valence-electron chi connectivity index (χ0n) is 5.32. The summed E-state index contributed by atoms with van der Waals surface area (Å²) in [5.74, 6) is 0. The molecule has 0 nitrogen and oxygen atoms in total. The Hall–Kier alpha value is 0.760. The first-order chi connectivity index (χ1) is 5.00. The zero-order chi connectivity index (χ0) is 8.48. The minimum atomic E-state index is -0.989. The fourth-order valence-corrected chi connectivity index (χ4v) is 1.55. The van der Waals surface area contributed by atoms with E-state index in [9.17, 15) is 0 Å². The second-order valence-electron chi connectivity index (χ2n) is 2.01. The summed E-state index contributed by atoms with van der Waals surface area (Å²) in [6.07, 6.45) is 0. The minimum absolute atomic E-state index is 0.815. The van der Waals surface area contributed by atoms with Crippen LogP contribution in [0.1, 0.15) is 5.56 Å². The van der Waals surface area contributed by atoms with E-state index in [2.05, 4.69) is 31.9 Å². The van der Waals surface area contributed by atoms with Crippen molar-refractivity contribution in [3.63, 3.8) is 0 Å². The molecule has 11 heavy (non-hydrogen) atoms. The molecule has 0 amide bonds. The molecule has 0 aliphatic carbocycles. The van der Waals surface area contributed by atoms with Crippen molar-refractivity contribution in [3.8, 4) is 0 Å². The van der Waals surface area contributed by atoms with E-state index in [1.54, 1.807) is 0 Å². The highest BCUT2D eigenvalue weighted by Gasteiger charge is 2.21. The first-order valence-corrected chi connectivity index (χ1v) is 5.17. The van der Waals surface area contributed by atoms with Gasteiger partial charge in [0.05, 0.1) is 0 Å². The highest BCUT2D eigenvalue weighted by atomic mass is 79.9. The van der Waals surface area contributed by atoms with Gasteiger partial charge >= 0.3 is 0 Å². The maximum Gasteiger partial charge on any atom is 0.197 e. The number of alkyl halides is 3. The third-order valence-electron chi connectivity index (χ3n) is 1.15. The van der Waals surface area contributed by atoms with Gasteiger partial charge in [0.1, 0.15) is 0 Å². The van der Waals surface area contributed by atoms with Crippen LogP contribution >= 0.6 is 55.1 Å². The first kappa shape index (κ1) is 9.85. The van der Waals surface area contributed by atoms with E-state index in [0.29, 0.717) is 0 Å². The third kappa shape index (κ3) is 2.94. The van der Waals surface area contributed by atoms with Crippen LogP contribution in [0.15, 0.2) is 28.7 Å². The van der Waals surface area contributed by atoms with Crippen molar-refractivity contribution in [1.82, 2.24) is 0 Å². The summed E-state index contributed by atoms with van der Waals surface area (Å²) in [7, 11) is 0. The van der Waals surface area contributed by atoms with E-state index in [1.807, 2.05) is 24.3 Å². The second kappa shape index (κ2) is 3.65. The Balaban J connectivity index is 3.06. The highest BCUT2D eigenvalue weighted by molar-refractivity contribution is 9.10. The van der Waals surface area contributed by atoms with E-state index < -0.39 is 3.24 Å². The quantitative estimate of drug-likeness (QED) is 0.672. The van der Waals surface area contributed by atoms with Crippen LogP contribution in [-0.4, -0.2) is 0 Å². The van der Waals surface area contributed by atoms with E-state index in [0.717, 1.165) is 10.0 Å². The molecule has 0 saturated carbocycles. The third-order valence-corrected chi connectivity index (χ3v) is 2.54. The molecular formula is C7H4Br2Cl2.